The second-order valence-electron chi connectivity index (χ2n) is 6.28. The molecule has 1 N–H and O–H groups in total. The highest BCUT2D eigenvalue weighted by Crippen LogP contribution is 2.28. The topological polar surface area (TPSA) is 58.4 Å². The van der Waals surface area contributed by atoms with Gasteiger partial charge in [0.15, 0.2) is 11.5 Å². The van der Waals surface area contributed by atoms with Crippen LogP contribution in [-0.4, -0.2) is 17.9 Å². The van der Waals surface area contributed by atoms with Crippen molar-refractivity contribution in [2.24, 2.45) is 0 Å². The minimum absolute atomic E-state index is 0.177. The second-order valence-corrected chi connectivity index (χ2v) is 6.28. The Hall–Kier alpha value is -3.60. The van der Waals surface area contributed by atoms with Crippen LogP contribution >= 0.6 is 0 Å². The Labute approximate surface area is 157 Å². The van der Waals surface area contributed by atoms with Crippen molar-refractivity contribution in [1.82, 2.24) is 4.98 Å². The molecule has 0 aliphatic carbocycles. The summed E-state index contributed by atoms with van der Waals surface area (Å²) in [5.74, 6) is 0.423. The van der Waals surface area contributed by atoms with E-state index in [-0.39, 0.29) is 5.91 Å². The van der Waals surface area contributed by atoms with E-state index in [9.17, 15) is 4.79 Å². The highest BCUT2D eigenvalue weighted by molar-refractivity contribution is 6.09. The average Bonchev–Trinajstić information content (AvgIpc) is 3.07. The van der Waals surface area contributed by atoms with Crippen LogP contribution in [0.5, 0.6) is 0 Å². The third kappa shape index (κ3) is 3.40. The number of oxazole rings is 1. The van der Waals surface area contributed by atoms with Gasteiger partial charge in [0.25, 0.3) is 5.91 Å². The Morgan fingerprint density at radius 1 is 1.00 bits per heavy atom. The van der Waals surface area contributed by atoms with Gasteiger partial charge < -0.3 is 14.6 Å². The van der Waals surface area contributed by atoms with E-state index in [2.05, 4.69) is 10.3 Å². The van der Waals surface area contributed by atoms with Crippen molar-refractivity contribution in [3.05, 3.63) is 84.3 Å². The molecule has 0 aliphatic heterocycles. The van der Waals surface area contributed by atoms with E-state index in [0.717, 1.165) is 16.9 Å². The number of fused-ring (bicyclic) bond motifs is 1. The predicted molar refractivity (Wildman–Crippen MR) is 108 cm³/mol. The summed E-state index contributed by atoms with van der Waals surface area (Å²) in [5.41, 5.74) is 4.53. The molecule has 1 aromatic heterocycles. The molecule has 1 amide bonds. The number of hydrogen-bond acceptors (Lipinski definition) is 4. The zero-order valence-corrected chi connectivity index (χ0v) is 15.1. The molecule has 0 bridgehead atoms. The van der Waals surface area contributed by atoms with Gasteiger partial charge in [0.05, 0.1) is 11.3 Å². The Kier molecular flexibility index (Phi) is 4.34. The van der Waals surface area contributed by atoms with Gasteiger partial charge in [-0.1, -0.05) is 30.3 Å². The Balaban J connectivity index is 1.63. The maximum Gasteiger partial charge on any atom is 0.257 e. The summed E-state index contributed by atoms with van der Waals surface area (Å²) in [6.45, 7) is 1.80. The van der Waals surface area contributed by atoms with Crippen LogP contribution in [0.15, 0.2) is 77.2 Å². The van der Waals surface area contributed by atoms with E-state index < -0.39 is 0 Å². The zero-order chi connectivity index (χ0) is 18.8. The fourth-order valence-electron chi connectivity index (χ4n) is 3.06. The molecule has 1 heterocycles. The van der Waals surface area contributed by atoms with Crippen molar-refractivity contribution in [2.75, 3.05) is 17.3 Å². The van der Waals surface area contributed by atoms with E-state index in [4.69, 9.17) is 4.42 Å². The van der Waals surface area contributed by atoms with Crippen LogP contribution in [-0.2, 0) is 0 Å². The molecular weight excluding hydrogens is 338 g/mol. The average molecular weight is 357 g/mol. The van der Waals surface area contributed by atoms with Crippen LogP contribution < -0.4 is 10.2 Å². The standard InChI is InChI=1S/C22H19N3O2/c1-15-23-19-13-12-16(14-21(19)27-15)24-22(26)18-10-6-7-11-20(18)25(2)17-8-4-3-5-9-17/h3-14H,1-2H3,(H,24,26). The highest BCUT2D eigenvalue weighted by atomic mass is 16.3. The molecule has 0 spiro atoms. The molecule has 4 rings (SSSR count). The number of carbonyl (C=O) groups is 1. The minimum atomic E-state index is -0.177. The molecule has 0 radical (unpaired) electrons. The molecule has 3 aromatic carbocycles. The number of para-hydroxylation sites is 2. The van der Waals surface area contributed by atoms with Gasteiger partial charge in [-0.2, -0.15) is 0 Å². The van der Waals surface area contributed by atoms with Gasteiger partial charge in [0.2, 0.25) is 0 Å². The SMILES string of the molecule is Cc1nc2ccc(NC(=O)c3ccccc3N(C)c3ccccc3)cc2o1. The quantitative estimate of drug-likeness (QED) is 0.548. The number of nitrogens with zero attached hydrogens (tertiary/aromatic N) is 2. The normalized spacial score (nSPS) is 10.7. The number of nitrogens with one attached hydrogen (secondary N) is 1. The van der Waals surface area contributed by atoms with Crippen molar-refractivity contribution >= 4 is 34.1 Å². The fraction of sp³-hybridized carbons (Fsp3) is 0.0909. The van der Waals surface area contributed by atoms with Gasteiger partial charge in [-0.15, -0.1) is 0 Å². The predicted octanol–water partition coefficient (Wildman–Crippen LogP) is 5.16. The van der Waals surface area contributed by atoms with Crippen molar-refractivity contribution in [2.45, 2.75) is 6.92 Å². The lowest BCUT2D eigenvalue weighted by atomic mass is 10.1. The van der Waals surface area contributed by atoms with Gasteiger partial charge in [-0.05, 0) is 36.4 Å². The van der Waals surface area contributed by atoms with Gasteiger partial charge >= 0.3 is 0 Å². The van der Waals surface area contributed by atoms with Crippen molar-refractivity contribution in [3.8, 4) is 0 Å². The summed E-state index contributed by atoms with van der Waals surface area (Å²) in [6.07, 6.45) is 0. The van der Waals surface area contributed by atoms with Gasteiger partial charge in [0.1, 0.15) is 5.52 Å². The molecule has 0 fully saturated rings. The lowest BCUT2D eigenvalue weighted by Gasteiger charge is -2.22. The van der Waals surface area contributed by atoms with E-state index >= 15 is 0 Å². The zero-order valence-electron chi connectivity index (χ0n) is 15.1. The number of aromatic nitrogens is 1. The molecule has 5 heteroatoms. The summed E-state index contributed by atoms with van der Waals surface area (Å²) in [6, 6.07) is 22.9. The number of benzene rings is 3. The summed E-state index contributed by atoms with van der Waals surface area (Å²) < 4.78 is 5.54. The molecule has 0 atom stereocenters. The third-order valence-electron chi connectivity index (χ3n) is 4.41. The number of anilines is 3. The minimum Gasteiger partial charge on any atom is -0.441 e. The molecule has 0 unspecified atom stereocenters. The first kappa shape index (κ1) is 16.8. The van der Waals surface area contributed by atoms with Crippen molar-refractivity contribution in [1.29, 1.82) is 0 Å². The molecular formula is C22H19N3O2. The third-order valence-corrected chi connectivity index (χ3v) is 4.41. The summed E-state index contributed by atoms with van der Waals surface area (Å²) in [4.78, 5) is 19.2. The first-order valence-electron chi connectivity index (χ1n) is 8.68. The maximum absolute atomic E-state index is 12.9. The van der Waals surface area contributed by atoms with E-state index in [1.54, 1.807) is 13.0 Å². The van der Waals surface area contributed by atoms with E-state index in [1.807, 2.05) is 78.7 Å². The van der Waals surface area contributed by atoms with Crippen molar-refractivity contribution in [3.63, 3.8) is 0 Å². The number of amides is 1. The molecule has 134 valence electrons. The lowest BCUT2D eigenvalue weighted by molar-refractivity contribution is 0.102. The number of aryl methyl sites for hydroxylation is 1. The Bertz CT molecular complexity index is 1100. The number of carbonyl (C=O) groups excluding carboxylic acids is 1. The first-order valence-corrected chi connectivity index (χ1v) is 8.68. The Morgan fingerprint density at radius 2 is 1.74 bits per heavy atom. The summed E-state index contributed by atoms with van der Waals surface area (Å²) >= 11 is 0. The summed E-state index contributed by atoms with van der Waals surface area (Å²) in [5, 5.41) is 2.95. The molecule has 5 nitrogen and oxygen atoms in total. The van der Waals surface area contributed by atoms with Crippen LogP contribution in [0, 0.1) is 6.92 Å². The second kappa shape index (κ2) is 6.96. The monoisotopic (exact) mass is 357 g/mol. The molecule has 27 heavy (non-hydrogen) atoms. The Morgan fingerprint density at radius 3 is 2.56 bits per heavy atom. The molecule has 0 aliphatic rings. The lowest BCUT2D eigenvalue weighted by Crippen LogP contribution is -2.18. The smallest absolute Gasteiger partial charge is 0.257 e. The van der Waals surface area contributed by atoms with Crippen LogP contribution in [0.25, 0.3) is 11.1 Å². The van der Waals surface area contributed by atoms with Gasteiger partial charge in [0, 0.05) is 31.4 Å². The van der Waals surface area contributed by atoms with E-state index in [0.29, 0.717) is 22.7 Å². The fourth-order valence-corrected chi connectivity index (χ4v) is 3.06. The highest BCUT2D eigenvalue weighted by Gasteiger charge is 2.15. The summed E-state index contributed by atoms with van der Waals surface area (Å²) in [7, 11) is 1.95. The largest absolute Gasteiger partial charge is 0.441 e. The van der Waals surface area contributed by atoms with Crippen LogP contribution in [0.2, 0.25) is 0 Å². The van der Waals surface area contributed by atoms with Crippen LogP contribution in [0.3, 0.4) is 0 Å². The molecule has 4 aromatic rings. The van der Waals surface area contributed by atoms with E-state index in [1.165, 1.54) is 0 Å². The number of hydrogen-bond donors (Lipinski definition) is 1. The van der Waals surface area contributed by atoms with Crippen LogP contribution in [0.1, 0.15) is 16.2 Å². The first-order chi connectivity index (χ1) is 13.1. The molecule has 0 saturated carbocycles. The van der Waals surface area contributed by atoms with Crippen molar-refractivity contribution < 1.29 is 9.21 Å². The maximum atomic E-state index is 12.9. The van der Waals surface area contributed by atoms with Gasteiger partial charge in [-0.3, -0.25) is 4.79 Å². The van der Waals surface area contributed by atoms with Crippen LogP contribution in [0.4, 0.5) is 17.1 Å². The molecule has 0 saturated heterocycles. The number of rotatable bonds is 4. The van der Waals surface area contributed by atoms with Gasteiger partial charge in [-0.25, -0.2) is 4.98 Å².